The second-order valence-electron chi connectivity index (χ2n) is 7.16. The molecule has 2 aliphatic rings. The maximum atomic E-state index is 12.3. The van der Waals surface area contributed by atoms with Crippen LogP contribution in [-0.4, -0.2) is 34.2 Å². The molecular weight excluding hydrogens is 360 g/mol. The maximum Gasteiger partial charge on any atom is 0.223 e. The first-order chi connectivity index (χ1) is 13.4. The van der Waals surface area contributed by atoms with Crippen LogP contribution in [0.1, 0.15) is 38.4 Å². The lowest BCUT2D eigenvalue weighted by Crippen LogP contribution is -2.29. The zero-order valence-corrected chi connectivity index (χ0v) is 17.3. The highest BCUT2D eigenvalue weighted by atomic mass is 16.5. The number of carbonyl (C=O) groups excluding carboxylic acids is 1. The Kier molecular flexibility index (Phi) is 5.59. The molecule has 1 fully saturated rings. The summed E-state index contributed by atoms with van der Waals surface area (Å²) >= 11 is 0. The summed E-state index contributed by atoms with van der Waals surface area (Å²) in [6.45, 7) is 4.27. The number of carbonyl (C=O) groups is 1. The number of fused-ring (bicyclic) bond motifs is 1. The van der Waals surface area contributed by atoms with Crippen molar-refractivity contribution in [3.63, 3.8) is 0 Å². The number of methoxy groups -OCH3 is 4. The van der Waals surface area contributed by atoms with E-state index in [2.05, 4.69) is 13.8 Å². The van der Waals surface area contributed by atoms with Gasteiger partial charge in [0.2, 0.25) is 11.5 Å². The van der Waals surface area contributed by atoms with Gasteiger partial charge in [-0.05, 0) is 24.6 Å². The summed E-state index contributed by atoms with van der Waals surface area (Å²) in [6, 6.07) is 3.81. The van der Waals surface area contributed by atoms with Crippen molar-refractivity contribution in [3.8, 4) is 17.2 Å². The Bertz CT molecular complexity index is 799. The SMILES string of the molecule is CCC[C@@]12C=C(OC)C(=O)C=C1O[C@@H](c1cc(OC)c(OC)c(OC)c1)[C@@H]2C. The van der Waals surface area contributed by atoms with Crippen LogP contribution in [0.3, 0.4) is 0 Å². The zero-order valence-electron chi connectivity index (χ0n) is 17.3. The van der Waals surface area contributed by atoms with Crippen molar-refractivity contribution in [2.24, 2.45) is 11.3 Å². The van der Waals surface area contributed by atoms with Crippen LogP contribution >= 0.6 is 0 Å². The average molecular weight is 388 g/mol. The van der Waals surface area contributed by atoms with E-state index in [1.165, 1.54) is 7.11 Å². The summed E-state index contributed by atoms with van der Waals surface area (Å²) in [5.41, 5.74) is 0.534. The van der Waals surface area contributed by atoms with Gasteiger partial charge in [0.05, 0.1) is 33.9 Å². The summed E-state index contributed by atoms with van der Waals surface area (Å²) in [7, 11) is 6.28. The van der Waals surface area contributed by atoms with Crippen LogP contribution in [-0.2, 0) is 14.3 Å². The van der Waals surface area contributed by atoms with E-state index in [-0.39, 0.29) is 23.2 Å². The standard InChI is InChI=1S/C22H28O6/c1-7-8-22-12-18(26-5)15(23)11-19(22)28-20(13(22)2)14-9-16(24-3)21(27-6)17(10-14)25-4/h9-13,20H,7-8H2,1-6H3/t13-,20+,22-/m0/s1. The van der Waals surface area contributed by atoms with E-state index in [1.54, 1.807) is 27.4 Å². The topological polar surface area (TPSA) is 63.2 Å². The molecule has 0 amide bonds. The first kappa shape index (κ1) is 20.1. The maximum absolute atomic E-state index is 12.3. The Balaban J connectivity index is 2.10. The Morgan fingerprint density at radius 3 is 2.18 bits per heavy atom. The lowest BCUT2D eigenvalue weighted by Gasteiger charge is -2.32. The van der Waals surface area contributed by atoms with Gasteiger partial charge in [0.1, 0.15) is 11.9 Å². The number of rotatable bonds is 7. The molecule has 28 heavy (non-hydrogen) atoms. The molecule has 0 unspecified atom stereocenters. The molecule has 1 aliphatic carbocycles. The average Bonchev–Trinajstić information content (AvgIpc) is 2.98. The molecule has 1 aromatic rings. The molecule has 0 radical (unpaired) electrons. The van der Waals surface area contributed by atoms with Crippen molar-refractivity contribution >= 4 is 5.78 Å². The molecule has 0 aromatic heterocycles. The number of benzene rings is 1. The second kappa shape index (κ2) is 7.78. The molecule has 1 aliphatic heterocycles. The number of hydrogen-bond donors (Lipinski definition) is 0. The lowest BCUT2D eigenvalue weighted by molar-refractivity contribution is -0.114. The van der Waals surface area contributed by atoms with Crippen LogP contribution in [0.2, 0.25) is 0 Å². The molecule has 152 valence electrons. The second-order valence-corrected chi connectivity index (χ2v) is 7.16. The summed E-state index contributed by atoms with van der Waals surface area (Å²) in [4.78, 5) is 12.3. The van der Waals surface area contributed by atoms with Gasteiger partial charge in [-0.1, -0.05) is 20.3 Å². The van der Waals surface area contributed by atoms with Crippen molar-refractivity contribution in [3.05, 3.63) is 41.4 Å². The molecule has 3 rings (SSSR count). The number of allylic oxidation sites excluding steroid dienone is 2. The van der Waals surface area contributed by atoms with Crippen LogP contribution in [0.4, 0.5) is 0 Å². The number of ketones is 1. The lowest BCUT2D eigenvalue weighted by atomic mass is 9.68. The summed E-state index contributed by atoms with van der Waals surface area (Å²) in [5.74, 6) is 2.68. The predicted molar refractivity (Wildman–Crippen MR) is 105 cm³/mol. The fraction of sp³-hybridized carbons (Fsp3) is 0.500. The van der Waals surface area contributed by atoms with Gasteiger partial charge in [-0.15, -0.1) is 0 Å². The minimum absolute atomic E-state index is 0.0831. The van der Waals surface area contributed by atoms with Crippen molar-refractivity contribution < 1.29 is 28.5 Å². The van der Waals surface area contributed by atoms with Crippen LogP contribution in [0.15, 0.2) is 35.8 Å². The highest BCUT2D eigenvalue weighted by molar-refractivity contribution is 6.04. The molecule has 1 saturated heterocycles. The molecule has 1 heterocycles. The van der Waals surface area contributed by atoms with Crippen LogP contribution < -0.4 is 14.2 Å². The van der Waals surface area contributed by atoms with Gasteiger partial charge in [0, 0.05) is 17.6 Å². The molecule has 0 spiro atoms. The molecule has 1 aromatic carbocycles. The molecule has 0 N–H and O–H groups in total. The van der Waals surface area contributed by atoms with E-state index in [0.29, 0.717) is 28.8 Å². The van der Waals surface area contributed by atoms with Gasteiger partial charge < -0.3 is 23.7 Å². The van der Waals surface area contributed by atoms with Crippen LogP contribution in [0.25, 0.3) is 0 Å². The zero-order chi connectivity index (χ0) is 20.5. The van der Waals surface area contributed by atoms with E-state index in [9.17, 15) is 4.79 Å². The van der Waals surface area contributed by atoms with Gasteiger partial charge in [0.15, 0.2) is 17.3 Å². The Labute approximate surface area is 166 Å². The Hall–Kier alpha value is -2.63. The van der Waals surface area contributed by atoms with Crippen LogP contribution in [0, 0.1) is 11.3 Å². The summed E-state index contributed by atoms with van der Waals surface area (Å²) in [5, 5.41) is 0. The van der Waals surface area contributed by atoms with Gasteiger partial charge in [-0.25, -0.2) is 0 Å². The van der Waals surface area contributed by atoms with Gasteiger partial charge in [-0.2, -0.15) is 0 Å². The van der Waals surface area contributed by atoms with Crippen molar-refractivity contribution in [1.29, 1.82) is 0 Å². The number of hydrogen-bond acceptors (Lipinski definition) is 6. The first-order valence-corrected chi connectivity index (χ1v) is 9.45. The molecular formula is C22H28O6. The largest absolute Gasteiger partial charge is 0.493 e. The van der Waals surface area contributed by atoms with E-state index in [4.69, 9.17) is 23.7 Å². The third-order valence-electron chi connectivity index (χ3n) is 5.77. The first-order valence-electron chi connectivity index (χ1n) is 9.45. The monoisotopic (exact) mass is 388 g/mol. The summed E-state index contributed by atoms with van der Waals surface area (Å²) in [6.07, 6.45) is 5.07. The fourth-order valence-electron chi connectivity index (χ4n) is 4.33. The fourth-order valence-corrected chi connectivity index (χ4v) is 4.33. The minimum Gasteiger partial charge on any atom is -0.493 e. The van der Waals surface area contributed by atoms with E-state index < -0.39 is 0 Å². The smallest absolute Gasteiger partial charge is 0.223 e. The third kappa shape index (κ3) is 3.01. The Morgan fingerprint density at radius 2 is 1.68 bits per heavy atom. The molecule has 6 heteroatoms. The van der Waals surface area contributed by atoms with Gasteiger partial charge in [-0.3, -0.25) is 4.79 Å². The molecule has 6 nitrogen and oxygen atoms in total. The quantitative estimate of drug-likeness (QED) is 0.697. The van der Waals surface area contributed by atoms with Crippen LogP contribution in [0.5, 0.6) is 17.2 Å². The van der Waals surface area contributed by atoms with E-state index in [1.807, 2.05) is 18.2 Å². The van der Waals surface area contributed by atoms with E-state index >= 15 is 0 Å². The minimum atomic E-state index is -0.376. The Morgan fingerprint density at radius 1 is 1.04 bits per heavy atom. The molecule has 0 saturated carbocycles. The van der Waals surface area contributed by atoms with Crippen molar-refractivity contribution in [2.45, 2.75) is 32.8 Å². The highest BCUT2D eigenvalue weighted by Crippen LogP contribution is 2.58. The van der Waals surface area contributed by atoms with Crippen molar-refractivity contribution in [1.82, 2.24) is 0 Å². The predicted octanol–water partition coefficient (Wildman–Crippen LogP) is 4.20. The van der Waals surface area contributed by atoms with E-state index in [0.717, 1.165) is 18.4 Å². The molecule has 0 bridgehead atoms. The molecule has 3 atom stereocenters. The van der Waals surface area contributed by atoms with Gasteiger partial charge >= 0.3 is 0 Å². The van der Waals surface area contributed by atoms with Gasteiger partial charge in [0.25, 0.3) is 0 Å². The normalized spacial score (nSPS) is 26.0. The highest BCUT2D eigenvalue weighted by Gasteiger charge is 2.53. The summed E-state index contributed by atoms with van der Waals surface area (Å²) < 4.78 is 28.1. The van der Waals surface area contributed by atoms with Crippen molar-refractivity contribution in [2.75, 3.05) is 28.4 Å². The third-order valence-corrected chi connectivity index (χ3v) is 5.77. The number of ether oxygens (including phenoxy) is 5.